The molecule has 2 aliphatic rings. The van der Waals surface area contributed by atoms with E-state index < -0.39 is 0 Å². The van der Waals surface area contributed by atoms with Gasteiger partial charge in [-0.05, 0) is 77.4 Å². The molecule has 0 aliphatic carbocycles. The van der Waals surface area contributed by atoms with Crippen LogP contribution >= 0.6 is 22.7 Å². The molecule has 0 saturated heterocycles. The van der Waals surface area contributed by atoms with Gasteiger partial charge in [-0.15, -0.1) is 22.7 Å². The van der Waals surface area contributed by atoms with Gasteiger partial charge < -0.3 is 14.0 Å². The summed E-state index contributed by atoms with van der Waals surface area (Å²) in [5.74, 6) is 3.39. The lowest BCUT2D eigenvalue weighted by atomic mass is 9.34. The van der Waals surface area contributed by atoms with Gasteiger partial charge in [0.05, 0.1) is 16.7 Å². The topological polar surface area (TPSA) is 23.4 Å². The van der Waals surface area contributed by atoms with Crippen LogP contribution in [0.25, 0.3) is 84.5 Å². The second-order valence-corrected chi connectivity index (χ2v) is 17.9. The van der Waals surface area contributed by atoms with Crippen LogP contribution < -0.4 is 25.9 Å². The summed E-state index contributed by atoms with van der Waals surface area (Å²) in [6, 6.07) is 55.2. The Bertz CT molecular complexity index is 3670. The molecule has 2 aliphatic heterocycles. The molecule has 3 nitrogen and oxygen atoms in total. The van der Waals surface area contributed by atoms with E-state index in [1.807, 2.05) is 22.7 Å². The number of benzene rings is 8. The molecule has 6 heteroatoms. The van der Waals surface area contributed by atoms with Gasteiger partial charge in [0.2, 0.25) is 0 Å². The van der Waals surface area contributed by atoms with Crippen LogP contribution in [0.5, 0.6) is 23.0 Å². The second kappa shape index (κ2) is 12.8. The van der Waals surface area contributed by atoms with Gasteiger partial charge in [0.1, 0.15) is 23.0 Å². The first-order valence-corrected chi connectivity index (χ1v) is 22.1. The minimum Gasteiger partial charge on any atom is -0.458 e. The molecule has 5 heterocycles. The summed E-state index contributed by atoms with van der Waals surface area (Å²) in [4.78, 5) is 0. The number of allylic oxidation sites excluding steroid dienone is 4. The highest BCUT2D eigenvalue weighted by atomic mass is 32.1. The van der Waals surface area contributed by atoms with Crippen LogP contribution in [0, 0.1) is 0 Å². The van der Waals surface area contributed by atoms with Crippen molar-refractivity contribution >= 4 is 113 Å². The highest BCUT2D eigenvalue weighted by molar-refractivity contribution is 7.30. The minimum atomic E-state index is -0.0601. The lowest BCUT2D eigenvalue weighted by Gasteiger charge is -2.34. The Labute approximate surface area is 354 Å². The van der Waals surface area contributed by atoms with Crippen molar-refractivity contribution in [2.24, 2.45) is 0 Å². The van der Waals surface area contributed by atoms with Crippen LogP contribution in [-0.2, 0) is 0 Å². The minimum absolute atomic E-state index is 0.0601. The first-order chi connectivity index (χ1) is 29.7. The molecule has 11 aromatic rings. The van der Waals surface area contributed by atoms with Gasteiger partial charge in [-0.25, -0.2) is 0 Å². The summed E-state index contributed by atoms with van der Waals surface area (Å²) in [5.41, 5.74) is 11.3. The van der Waals surface area contributed by atoms with E-state index in [0.717, 1.165) is 72.9 Å². The van der Waals surface area contributed by atoms with E-state index in [9.17, 15) is 0 Å². The van der Waals surface area contributed by atoms with Gasteiger partial charge in [-0.3, -0.25) is 0 Å². The number of fused-ring (bicyclic) bond motifs is 16. The van der Waals surface area contributed by atoms with E-state index >= 15 is 0 Å². The number of ether oxygens (including phenoxy) is 2. The monoisotopic (exact) mass is 803 g/mol. The van der Waals surface area contributed by atoms with Crippen molar-refractivity contribution < 1.29 is 9.47 Å². The summed E-state index contributed by atoms with van der Waals surface area (Å²) in [7, 11) is 0. The molecule has 13 rings (SSSR count). The molecule has 0 unspecified atom stereocenters. The number of nitrogens with zero attached hydrogens (tertiary/aromatic N) is 1. The van der Waals surface area contributed by atoms with Crippen molar-refractivity contribution in [3.8, 4) is 39.8 Å². The summed E-state index contributed by atoms with van der Waals surface area (Å²) in [6.45, 7) is 4.09. The molecule has 0 N–H and O–H groups in total. The molecule has 0 fully saturated rings. The van der Waals surface area contributed by atoms with E-state index in [1.54, 1.807) is 0 Å². The number of aromatic nitrogens is 1. The largest absolute Gasteiger partial charge is 0.458 e. The Balaban J connectivity index is 1.13. The van der Waals surface area contributed by atoms with E-state index in [4.69, 9.17) is 9.47 Å². The van der Waals surface area contributed by atoms with E-state index in [-0.39, 0.29) is 6.71 Å². The molecular formula is C54H34BNO2S2. The zero-order valence-corrected chi connectivity index (χ0v) is 34.5. The molecule has 0 radical (unpaired) electrons. The molecule has 8 aromatic carbocycles. The SMILES string of the molecule is C/C=C\C(=C/C)c1ccc2c(c1)Oc1cc(-n3c4ccccc4c4c5sc6ccccc6c5c5sc6ccccc6c5c43)cc3c1B2c1ccc(-c2ccccc2)cc1O3. The lowest BCUT2D eigenvalue weighted by molar-refractivity contribution is 0.464. The molecule has 0 saturated carbocycles. The summed E-state index contributed by atoms with van der Waals surface area (Å²) in [5, 5.41) is 7.78. The fourth-order valence-electron chi connectivity index (χ4n) is 10.0. The third-order valence-corrected chi connectivity index (χ3v) is 15.0. The van der Waals surface area contributed by atoms with Crippen molar-refractivity contribution in [3.05, 3.63) is 175 Å². The van der Waals surface area contributed by atoms with Gasteiger partial charge in [0.25, 0.3) is 6.71 Å². The first kappa shape index (κ1) is 34.1. The Morgan fingerprint density at radius 2 is 1.15 bits per heavy atom. The number of rotatable bonds is 4. The quantitative estimate of drug-likeness (QED) is 0.131. The smallest absolute Gasteiger partial charge is 0.260 e. The van der Waals surface area contributed by atoms with Crippen LogP contribution in [0.2, 0.25) is 0 Å². The number of hydrogen-bond acceptors (Lipinski definition) is 4. The van der Waals surface area contributed by atoms with Gasteiger partial charge in [-0.2, -0.15) is 0 Å². The first-order valence-electron chi connectivity index (χ1n) is 20.5. The van der Waals surface area contributed by atoms with Crippen molar-refractivity contribution in [3.63, 3.8) is 0 Å². The summed E-state index contributed by atoms with van der Waals surface area (Å²) < 4.78 is 22.0. The average molecular weight is 804 g/mol. The standard InChI is InChI=1S/C54H34BNO2S2/c1-3-14-31(4-2)33-23-25-39-42(27-33)57-44-29-35(30-45-51(44)55(39)40-26-24-34(28-43(40)58-45)32-15-6-5-7-16-32)56-41-20-11-8-17-36(41)48-52(56)49-37-18-9-12-21-46(37)59-54(49)50-38-19-10-13-22-47(38)60-53(48)50/h3-30H,1-2H3/b14-3-,31-4+. The predicted molar refractivity (Wildman–Crippen MR) is 258 cm³/mol. The molecule has 0 atom stereocenters. The zero-order valence-electron chi connectivity index (χ0n) is 32.8. The van der Waals surface area contributed by atoms with E-state index in [2.05, 4.69) is 188 Å². The van der Waals surface area contributed by atoms with Crippen LogP contribution in [0.15, 0.2) is 170 Å². The fourth-order valence-corrected chi connectivity index (χ4v) is 12.6. The Morgan fingerprint density at radius 1 is 0.550 bits per heavy atom. The molecule has 0 amide bonds. The van der Waals surface area contributed by atoms with Crippen LogP contribution in [0.4, 0.5) is 0 Å². The normalized spacial score (nSPS) is 13.4. The highest BCUT2D eigenvalue weighted by Gasteiger charge is 2.41. The maximum absolute atomic E-state index is 7.12. The van der Waals surface area contributed by atoms with Crippen LogP contribution in [0.3, 0.4) is 0 Å². The third kappa shape index (κ3) is 4.72. The predicted octanol–water partition coefficient (Wildman–Crippen LogP) is 13.9. The Kier molecular flexibility index (Phi) is 7.28. The summed E-state index contributed by atoms with van der Waals surface area (Å²) >= 11 is 3.81. The van der Waals surface area contributed by atoms with Crippen molar-refractivity contribution in [1.82, 2.24) is 4.57 Å². The maximum Gasteiger partial charge on any atom is 0.260 e. The van der Waals surface area contributed by atoms with Crippen molar-refractivity contribution in [2.45, 2.75) is 13.8 Å². The molecule has 60 heavy (non-hydrogen) atoms. The van der Waals surface area contributed by atoms with Crippen LogP contribution in [0.1, 0.15) is 19.4 Å². The summed E-state index contributed by atoms with van der Waals surface area (Å²) in [6.07, 6.45) is 6.41. The highest BCUT2D eigenvalue weighted by Crippen LogP contribution is 2.52. The van der Waals surface area contributed by atoms with Crippen molar-refractivity contribution in [2.75, 3.05) is 0 Å². The zero-order chi connectivity index (χ0) is 39.6. The molecular weight excluding hydrogens is 770 g/mol. The van der Waals surface area contributed by atoms with Crippen LogP contribution in [-0.4, -0.2) is 11.3 Å². The molecule has 0 bridgehead atoms. The average Bonchev–Trinajstić information content (AvgIpc) is 3.98. The Hall–Kier alpha value is -6.86. The number of hydrogen-bond donors (Lipinski definition) is 0. The Morgan fingerprint density at radius 3 is 1.85 bits per heavy atom. The van der Waals surface area contributed by atoms with Crippen molar-refractivity contribution in [1.29, 1.82) is 0 Å². The van der Waals surface area contributed by atoms with Gasteiger partial charge in [0.15, 0.2) is 0 Å². The maximum atomic E-state index is 7.12. The van der Waals surface area contributed by atoms with Gasteiger partial charge >= 0.3 is 0 Å². The molecule has 0 spiro atoms. The van der Waals surface area contributed by atoms with Gasteiger partial charge in [0, 0.05) is 68.7 Å². The lowest BCUT2D eigenvalue weighted by Crippen LogP contribution is -2.57. The number of thiophene rings is 2. The third-order valence-electron chi connectivity index (χ3n) is 12.6. The molecule has 282 valence electrons. The second-order valence-electron chi connectivity index (χ2n) is 15.8. The van der Waals surface area contributed by atoms with E-state index in [1.165, 1.54) is 56.6 Å². The molecule has 3 aromatic heterocycles. The fraction of sp³-hybridized carbons (Fsp3) is 0.0370. The number of para-hydroxylation sites is 1. The van der Waals surface area contributed by atoms with Gasteiger partial charge in [-0.1, -0.05) is 127 Å². The van der Waals surface area contributed by atoms with E-state index in [0.29, 0.717) is 0 Å².